The van der Waals surface area contributed by atoms with Crippen molar-refractivity contribution in [3.8, 4) is 17.7 Å². The van der Waals surface area contributed by atoms with Gasteiger partial charge < -0.3 is 14.8 Å². The Morgan fingerprint density at radius 3 is 3.00 bits per heavy atom. The minimum atomic E-state index is -0.543. The van der Waals surface area contributed by atoms with E-state index < -0.39 is 5.97 Å². The highest BCUT2D eigenvalue weighted by atomic mass is 16.5. The van der Waals surface area contributed by atoms with E-state index in [1.54, 1.807) is 19.1 Å². The normalized spacial score (nSPS) is 15.1. The molecule has 0 radical (unpaired) electrons. The minimum Gasteiger partial charge on any atom is -0.474 e. The van der Waals surface area contributed by atoms with Gasteiger partial charge in [-0.2, -0.15) is 0 Å². The van der Waals surface area contributed by atoms with Crippen LogP contribution in [0.4, 0.5) is 0 Å². The zero-order valence-electron chi connectivity index (χ0n) is 11.5. The first-order valence-corrected chi connectivity index (χ1v) is 6.81. The summed E-state index contributed by atoms with van der Waals surface area (Å²) < 4.78 is 10.6. The van der Waals surface area contributed by atoms with Gasteiger partial charge in [-0.25, -0.2) is 9.78 Å². The van der Waals surface area contributed by atoms with Crippen molar-refractivity contribution >= 4 is 5.97 Å². The third kappa shape index (κ3) is 4.56. The molecule has 0 spiro atoms. The Balaban J connectivity index is 1.98. The number of esters is 1. The van der Waals surface area contributed by atoms with E-state index in [0.29, 0.717) is 18.2 Å². The highest BCUT2D eigenvalue weighted by Gasteiger charge is 2.14. The summed E-state index contributed by atoms with van der Waals surface area (Å²) in [5.74, 6) is 5.08. The Hall–Kier alpha value is -2.06. The lowest BCUT2D eigenvalue weighted by Crippen LogP contribution is -2.34. The summed E-state index contributed by atoms with van der Waals surface area (Å²) in [6.45, 7) is 3.99. The SMILES string of the molecule is CCOC(=O)C#Cc1cccc(OC2CCNCC2)n1. The molecule has 20 heavy (non-hydrogen) atoms. The van der Waals surface area contributed by atoms with Crippen LogP contribution in [-0.4, -0.2) is 36.8 Å². The zero-order valence-corrected chi connectivity index (χ0v) is 11.5. The number of carbonyl (C=O) groups excluding carboxylic acids is 1. The van der Waals surface area contributed by atoms with E-state index in [1.165, 1.54) is 0 Å². The number of hydrogen-bond acceptors (Lipinski definition) is 5. The van der Waals surface area contributed by atoms with E-state index >= 15 is 0 Å². The van der Waals surface area contributed by atoms with Gasteiger partial charge in [0.15, 0.2) is 0 Å². The third-order valence-electron chi connectivity index (χ3n) is 2.87. The molecule has 0 aromatic carbocycles. The van der Waals surface area contributed by atoms with E-state index in [2.05, 4.69) is 22.1 Å². The molecule has 5 heteroatoms. The maximum Gasteiger partial charge on any atom is 0.384 e. The minimum absolute atomic E-state index is 0.192. The number of hydrogen-bond donors (Lipinski definition) is 1. The highest BCUT2D eigenvalue weighted by Crippen LogP contribution is 2.14. The van der Waals surface area contributed by atoms with Gasteiger partial charge in [0.2, 0.25) is 5.88 Å². The van der Waals surface area contributed by atoms with Crippen LogP contribution in [-0.2, 0) is 9.53 Å². The van der Waals surface area contributed by atoms with Crippen molar-refractivity contribution in [2.45, 2.75) is 25.9 Å². The quantitative estimate of drug-likeness (QED) is 0.661. The van der Waals surface area contributed by atoms with Crippen LogP contribution in [0.2, 0.25) is 0 Å². The molecule has 1 fully saturated rings. The smallest absolute Gasteiger partial charge is 0.384 e. The van der Waals surface area contributed by atoms with Gasteiger partial charge in [0.1, 0.15) is 11.8 Å². The summed E-state index contributed by atoms with van der Waals surface area (Å²) >= 11 is 0. The third-order valence-corrected chi connectivity index (χ3v) is 2.87. The summed E-state index contributed by atoms with van der Waals surface area (Å²) in [5, 5.41) is 3.28. The Morgan fingerprint density at radius 1 is 1.45 bits per heavy atom. The number of aromatic nitrogens is 1. The predicted molar refractivity (Wildman–Crippen MR) is 74.3 cm³/mol. The number of pyridine rings is 1. The van der Waals surface area contributed by atoms with Crippen LogP contribution < -0.4 is 10.1 Å². The molecule has 106 valence electrons. The molecule has 1 saturated heterocycles. The number of carbonyl (C=O) groups is 1. The van der Waals surface area contributed by atoms with Crippen molar-refractivity contribution < 1.29 is 14.3 Å². The number of nitrogens with zero attached hydrogens (tertiary/aromatic N) is 1. The van der Waals surface area contributed by atoms with Crippen LogP contribution >= 0.6 is 0 Å². The van der Waals surface area contributed by atoms with Gasteiger partial charge in [0, 0.05) is 12.0 Å². The lowest BCUT2D eigenvalue weighted by molar-refractivity contribution is -0.136. The summed E-state index contributed by atoms with van der Waals surface area (Å²) in [7, 11) is 0. The molecule has 0 aliphatic carbocycles. The number of nitrogens with one attached hydrogen (secondary N) is 1. The molecule has 1 aromatic rings. The van der Waals surface area contributed by atoms with Crippen LogP contribution in [0.5, 0.6) is 5.88 Å². The fourth-order valence-electron chi connectivity index (χ4n) is 1.92. The van der Waals surface area contributed by atoms with E-state index in [-0.39, 0.29) is 6.10 Å². The first kappa shape index (κ1) is 14.4. The van der Waals surface area contributed by atoms with Crippen molar-refractivity contribution in [3.05, 3.63) is 23.9 Å². The van der Waals surface area contributed by atoms with E-state index in [9.17, 15) is 4.79 Å². The molecule has 2 rings (SSSR count). The largest absolute Gasteiger partial charge is 0.474 e. The van der Waals surface area contributed by atoms with Crippen molar-refractivity contribution in [2.24, 2.45) is 0 Å². The van der Waals surface area contributed by atoms with Gasteiger partial charge in [-0.3, -0.25) is 0 Å². The lowest BCUT2D eigenvalue weighted by atomic mass is 10.1. The van der Waals surface area contributed by atoms with Crippen LogP contribution in [0.25, 0.3) is 0 Å². The average Bonchev–Trinajstić information content (AvgIpc) is 2.47. The molecule has 1 aromatic heterocycles. The van der Waals surface area contributed by atoms with Gasteiger partial charge in [-0.1, -0.05) is 6.07 Å². The number of rotatable bonds is 3. The second-order valence-corrected chi connectivity index (χ2v) is 4.40. The monoisotopic (exact) mass is 274 g/mol. The average molecular weight is 274 g/mol. The Labute approximate surface area is 118 Å². The predicted octanol–water partition coefficient (Wildman–Crippen LogP) is 1.13. The zero-order chi connectivity index (χ0) is 14.2. The van der Waals surface area contributed by atoms with Gasteiger partial charge in [-0.05, 0) is 44.8 Å². The standard InChI is InChI=1S/C15H18N2O3/c1-2-19-15(18)7-6-12-4-3-5-14(17-12)20-13-8-10-16-11-9-13/h3-5,13,16H,2,8-11H2,1H3. The fourth-order valence-corrected chi connectivity index (χ4v) is 1.92. The van der Waals surface area contributed by atoms with Gasteiger partial charge in [0.05, 0.1) is 6.61 Å². The summed E-state index contributed by atoms with van der Waals surface area (Å²) in [5.41, 5.74) is 0.504. The molecule has 2 heterocycles. The van der Waals surface area contributed by atoms with Gasteiger partial charge in [0.25, 0.3) is 0 Å². The Morgan fingerprint density at radius 2 is 2.25 bits per heavy atom. The molecule has 1 aliphatic heterocycles. The molecule has 0 atom stereocenters. The Bertz CT molecular complexity index is 513. The topological polar surface area (TPSA) is 60.5 Å². The molecular weight excluding hydrogens is 256 g/mol. The molecular formula is C15H18N2O3. The summed E-state index contributed by atoms with van der Waals surface area (Å²) in [6.07, 6.45) is 2.14. The van der Waals surface area contributed by atoms with E-state index in [1.807, 2.05) is 6.07 Å². The van der Waals surface area contributed by atoms with Gasteiger partial charge in [-0.15, -0.1) is 0 Å². The maximum absolute atomic E-state index is 11.2. The summed E-state index contributed by atoms with van der Waals surface area (Å²) in [4.78, 5) is 15.4. The first-order valence-electron chi connectivity index (χ1n) is 6.81. The number of ether oxygens (including phenoxy) is 2. The first-order chi connectivity index (χ1) is 9.78. The van der Waals surface area contributed by atoms with E-state index in [0.717, 1.165) is 25.9 Å². The van der Waals surface area contributed by atoms with Crippen LogP contribution in [0, 0.1) is 11.8 Å². The molecule has 0 unspecified atom stereocenters. The summed E-state index contributed by atoms with van der Waals surface area (Å²) in [6, 6.07) is 5.36. The maximum atomic E-state index is 11.2. The van der Waals surface area contributed by atoms with Crippen LogP contribution in [0.3, 0.4) is 0 Å². The molecule has 0 amide bonds. The van der Waals surface area contributed by atoms with E-state index in [4.69, 9.17) is 9.47 Å². The van der Waals surface area contributed by atoms with Crippen molar-refractivity contribution in [2.75, 3.05) is 19.7 Å². The second-order valence-electron chi connectivity index (χ2n) is 4.40. The van der Waals surface area contributed by atoms with Crippen molar-refractivity contribution in [3.63, 3.8) is 0 Å². The van der Waals surface area contributed by atoms with Gasteiger partial charge >= 0.3 is 5.97 Å². The van der Waals surface area contributed by atoms with Crippen LogP contribution in [0.15, 0.2) is 18.2 Å². The molecule has 0 bridgehead atoms. The Kier molecular flexibility index (Phi) is 5.39. The number of piperidine rings is 1. The molecule has 5 nitrogen and oxygen atoms in total. The van der Waals surface area contributed by atoms with Crippen molar-refractivity contribution in [1.29, 1.82) is 0 Å². The highest BCUT2D eigenvalue weighted by molar-refractivity contribution is 5.88. The fraction of sp³-hybridized carbons (Fsp3) is 0.467. The molecule has 1 N–H and O–H groups in total. The lowest BCUT2D eigenvalue weighted by Gasteiger charge is -2.23. The van der Waals surface area contributed by atoms with Crippen molar-refractivity contribution in [1.82, 2.24) is 10.3 Å². The molecule has 0 saturated carbocycles. The second kappa shape index (κ2) is 7.51. The molecule has 1 aliphatic rings. The van der Waals surface area contributed by atoms with Crippen LogP contribution in [0.1, 0.15) is 25.5 Å².